The second kappa shape index (κ2) is 6.15. The third-order valence-corrected chi connectivity index (χ3v) is 5.97. The molecule has 1 aromatic carbocycles. The summed E-state index contributed by atoms with van der Waals surface area (Å²) in [7, 11) is 0. The monoisotopic (exact) mass is 354 g/mol. The molecule has 0 aliphatic heterocycles. The van der Waals surface area contributed by atoms with Crippen molar-refractivity contribution in [3.8, 4) is 0 Å². The summed E-state index contributed by atoms with van der Waals surface area (Å²) in [6.07, 6.45) is 3.26. The van der Waals surface area contributed by atoms with Crippen LogP contribution in [0.1, 0.15) is 43.2 Å². The van der Waals surface area contributed by atoms with Gasteiger partial charge in [0.25, 0.3) is 0 Å². The quantitative estimate of drug-likeness (QED) is 0.519. The minimum atomic E-state index is -0.433. The highest BCUT2D eigenvalue weighted by molar-refractivity contribution is 7.14. The number of ether oxygens (including phenoxy) is 1. The number of aryl methyl sites for hydroxylation is 4. The summed E-state index contributed by atoms with van der Waals surface area (Å²) < 4.78 is 10.8. The lowest BCUT2D eigenvalue weighted by Gasteiger charge is -2.08. The number of esters is 1. The molecular formula is C20H18O4S. The predicted octanol–water partition coefficient (Wildman–Crippen LogP) is 4.32. The van der Waals surface area contributed by atoms with Gasteiger partial charge in [0.05, 0.1) is 0 Å². The van der Waals surface area contributed by atoms with Crippen LogP contribution in [0, 0.1) is 13.8 Å². The molecule has 4 nitrogen and oxygen atoms in total. The number of hydrogen-bond acceptors (Lipinski definition) is 5. The highest BCUT2D eigenvalue weighted by atomic mass is 32.1. The maximum absolute atomic E-state index is 12.4. The fourth-order valence-electron chi connectivity index (χ4n) is 3.25. The number of hydrogen-bond donors (Lipinski definition) is 0. The molecule has 4 rings (SSSR count). The van der Waals surface area contributed by atoms with Crippen LogP contribution in [0.3, 0.4) is 0 Å². The van der Waals surface area contributed by atoms with Crippen LogP contribution < -0.4 is 5.63 Å². The summed E-state index contributed by atoms with van der Waals surface area (Å²) in [6, 6.07) is 7.16. The molecule has 0 unspecified atom stereocenters. The SMILES string of the molecule is Cc1cc2oc(=O)cc(COC(=O)c3cc4c(s3)CCC4)c2cc1C. The van der Waals surface area contributed by atoms with Crippen molar-refractivity contribution < 1.29 is 13.9 Å². The van der Waals surface area contributed by atoms with Gasteiger partial charge in [0.1, 0.15) is 17.1 Å². The fourth-order valence-corrected chi connectivity index (χ4v) is 4.39. The molecule has 0 N–H and O–H groups in total. The average Bonchev–Trinajstić information content (AvgIpc) is 3.15. The molecule has 0 atom stereocenters. The molecule has 0 bridgehead atoms. The lowest BCUT2D eigenvalue weighted by molar-refractivity contribution is 0.0479. The molecule has 3 aromatic rings. The molecule has 128 valence electrons. The van der Waals surface area contributed by atoms with Gasteiger partial charge >= 0.3 is 11.6 Å². The van der Waals surface area contributed by atoms with Gasteiger partial charge < -0.3 is 9.15 Å². The summed E-state index contributed by atoms with van der Waals surface area (Å²) in [5.41, 5.74) is 4.19. The first-order valence-corrected chi connectivity index (χ1v) is 9.15. The van der Waals surface area contributed by atoms with Crippen LogP contribution in [0.4, 0.5) is 0 Å². The number of carbonyl (C=O) groups excluding carboxylic acids is 1. The van der Waals surface area contributed by atoms with Crippen molar-refractivity contribution in [3.05, 3.63) is 66.7 Å². The van der Waals surface area contributed by atoms with E-state index in [0.29, 0.717) is 16.0 Å². The van der Waals surface area contributed by atoms with Gasteiger partial charge in [-0.2, -0.15) is 0 Å². The van der Waals surface area contributed by atoms with Crippen molar-refractivity contribution in [3.63, 3.8) is 0 Å². The summed E-state index contributed by atoms with van der Waals surface area (Å²) in [5.74, 6) is -0.329. The van der Waals surface area contributed by atoms with E-state index in [1.807, 2.05) is 32.0 Å². The number of fused-ring (bicyclic) bond motifs is 2. The first-order chi connectivity index (χ1) is 12.0. The number of thiophene rings is 1. The zero-order chi connectivity index (χ0) is 17.6. The first kappa shape index (κ1) is 16.1. The Labute approximate surface area is 149 Å². The second-order valence-electron chi connectivity index (χ2n) is 6.51. The molecule has 0 saturated carbocycles. The van der Waals surface area contributed by atoms with Crippen molar-refractivity contribution in [1.29, 1.82) is 0 Å². The van der Waals surface area contributed by atoms with Crippen LogP contribution in [0.2, 0.25) is 0 Å². The normalized spacial score (nSPS) is 13.2. The Morgan fingerprint density at radius 3 is 2.76 bits per heavy atom. The number of benzene rings is 1. The molecule has 25 heavy (non-hydrogen) atoms. The van der Waals surface area contributed by atoms with Crippen LogP contribution in [-0.2, 0) is 24.2 Å². The van der Waals surface area contributed by atoms with Crippen molar-refractivity contribution in [2.75, 3.05) is 0 Å². The van der Waals surface area contributed by atoms with E-state index in [1.54, 1.807) is 0 Å². The highest BCUT2D eigenvalue weighted by Crippen LogP contribution is 2.31. The van der Waals surface area contributed by atoms with Gasteiger partial charge in [-0.3, -0.25) is 0 Å². The molecule has 2 aromatic heterocycles. The lowest BCUT2D eigenvalue weighted by atomic mass is 10.0. The van der Waals surface area contributed by atoms with Crippen LogP contribution in [0.25, 0.3) is 11.0 Å². The maximum atomic E-state index is 12.4. The van der Waals surface area contributed by atoms with Crippen LogP contribution in [-0.4, -0.2) is 5.97 Å². The van der Waals surface area contributed by atoms with Gasteiger partial charge in [-0.05, 0) is 68.0 Å². The predicted molar refractivity (Wildman–Crippen MR) is 97.4 cm³/mol. The Balaban J connectivity index is 1.60. The Bertz CT molecular complexity index is 1020. The Morgan fingerprint density at radius 1 is 1.16 bits per heavy atom. The minimum absolute atomic E-state index is 0.0615. The lowest BCUT2D eigenvalue weighted by Crippen LogP contribution is -2.07. The zero-order valence-corrected chi connectivity index (χ0v) is 15.0. The summed E-state index contributed by atoms with van der Waals surface area (Å²) in [6.45, 7) is 4.03. The van der Waals surface area contributed by atoms with E-state index in [9.17, 15) is 9.59 Å². The van der Waals surface area contributed by atoms with E-state index in [-0.39, 0.29) is 12.6 Å². The van der Waals surface area contributed by atoms with Crippen molar-refractivity contribution >= 4 is 28.3 Å². The van der Waals surface area contributed by atoms with Gasteiger partial charge in [-0.25, -0.2) is 9.59 Å². The number of rotatable bonds is 3. The second-order valence-corrected chi connectivity index (χ2v) is 7.65. The van der Waals surface area contributed by atoms with E-state index in [4.69, 9.17) is 9.15 Å². The molecule has 1 aliphatic rings. The molecule has 0 radical (unpaired) electrons. The first-order valence-electron chi connectivity index (χ1n) is 8.34. The van der Waals surface area contributed by atoms with E-state index in [2.05, 4.69) is 0 Å². The van der Waals surface area contributed by atoms with Gasteiger partial charge in [-0.1, -0.05) is 0 Å². The molecular weight excluding hydrogens is 336 g/mol. The van der Waals surface area contributed by atoms with Gasteiger partial charge in [0.15, 0.2) is 0 Å². The topological polar surface area (TPSA) is 56.5 Å². The average molecular weight is 354 g/mol. The van der Waals surface area contributed by atoms with E-state index in [0.717, 1.165) is 29.4 Å². The van der Waals surface area contributed by atoms with Gasteiger partial charge in [0.2, 0.25) is 0 Å². The zero-order valence-electron chi connectivity index (χ0n) is 14.2. The summed E-state index contributed by atoms with van der Waals surface area (Å²) in [5, 5.41) is 0.809. The Morgan fingerprint density at radius 2 is 1.96 bits per heavy atom. The Kier molecular flexibility index (Phi) is 3.96. The van der Waals surface area contributed by atoms with E-state index in [1.165, 1.54) is 34.3 Å². The van der Waals surface area contributed by atoms with Crippen molar-refractivity contribution in [1.82, 2.24) is 0 Å². The van der Waals surface area contributed by atoms with Crippen molar-refractivity contribution in [2.24, 2.45) is 0 Å². The minimum Gasteiger partial charge on any atom is -0.457 e. The van der Waals surface area contributed by atoms with Crippen LogP contribution in [0.15, 0.2) is 33.5 Å². The van der Waals surface area contributed by atoms with E-state index >= 15 is 0 Å². The standard InChI is InChI=1S/C20H18O4S/c1-11-6-15-14(9-19(21)24-16(15)7-12(11)2)10-23-20(22)18-8-13-4-3-5-17(13)25-18/h6-9H,3-5,10H2,1-2H3. The molecule has 0 spiro atoms. The fraction of sp³-hybridized carbons (Fsp3) is 0.300. The molecule has 5 heteroatoms. The molecule has 0 saturated heterocycles. The van der Waals surface area contributed by atoms with Crippen LogP contribution >= 0.6 is 11.3 Å². The molecule has 1 aliphatic carbocycles. The number of carbonyl (C=O) groups is 1. The van der Waals surface area contributed by atoms with Crippen molar-refractivity contribution in [2.45, 2.75) is 39.7 Å². The molecule has 2 heterocycles. The summed E-state index contributed by atoms with van der Waals surface area (Å²) in [4.78, 5) is 26.1. The third-order valence-electron chi connectivity index (χ3n) is 4.75. The molecule has 0 amide bonds. The Hall–Kier alpha value is -2.40. The smallest absolute Gasteiger partial charge is 0.348 e. The van der Waals surface area contributed by atoms with Gasteiger partial charge in [-0.15, -0.1) is 11.3 Å². The largest absolute Gasteiger partial charge is 0.457 e. The van der Waals surface area contributed by atoms with Gasteiger partial charge in [0, 0.05) is 21.9 Å². The highest BCUT2D eigenvalue weighted by Gasteiger charge is 2.19. The molecule has 0 fully saturated rings. The van der Waals surface area contributed by atoms with Crippen LogP contribution in [0.5, 0.6) is 0 Å². The van der Waals surface area contributed by atoms with E-state index < -0.39 is 5.63 Å². The summed E-state index contributed by atoms with van der Waals surface area (Å²) >= 11 is 1.52. The maximum Gasteiger partial charge on any atom is 0.348 e. The third kappa shape index (κ3) is 3.00.